The highest BCUT2D eigenvalue weighted by molar-refractivity contribution is 5.88. The number of benzene rings is 1. The Hall–Kier alpha value is -4.12. The first-order chi connectivity index (χ1) is 19.2. The quantitative estimate of drug-likeness (QED) is 0.506. The Bertz CT molecular complexity index is 1410. The number of methoxy groups -OCH3 is 1. The summed E-state index contributed by atoms with van der Waals surface area (Å²) in [6.07, 6.45) is 2.27. The first-order valence-corrected chi connectivity index (χ1v) is 13.4. The van der Waals surface area contributed by atoms with Crippen molar-refractivity contribution in [2.75, 3.05) is 26.8 Å². The number of carbonyl (C=O) groups excluding carboxylic acids is 2. The summed E-state index contributed by atoms with van der Waals surface area (Å²) in [5.41, 5.74) is 1.76. The van der Waals surface area contributed by atoms with Gasteiger partial charge in [-0.05, 0) is 43.5 Å². The predicted octanol–water partition coefficient (Wildman–Crippen LogP) is 2.40. The van der Waals surface area contributed by atoms with Gasteiger partial charge in [0.15, 0.2) is 11.5 Å². The lowest BCUT2D eigenvalue weighted by atomic mass is 10.0. The van der Waals surface area contributed by atoms with Gasteiger partial charge in [-0.15, -0.1) is 0 Å². The van der Waals surface area contributed by atoms with Gasteiger partial charge in [-0.1, -0.05) is 19.9 Å². The fraction of sp³-hybridized carbons (Fsp3) is 0.448. The topological polar surface area (TPSA) is 128 Å². The molecule has 0 radical (unpaired) electrons. The van der Waals surface area contributed by atoms with Crippen LogP contribution >= 0.6 is 0 Å². The van der Waals surface area contributed by atoms with Gasteiger partial charge in [0, 0.05) is 37.5 Å². The van der Waals surface area contributed by atoms with Crippen molar-refractivity contribution in [3.05, 3.63) is 63.9 Å². The van der Waals surface area contributed by atoms with E-state index in [2.05, 4.69) is 15.6 Å². The van der Waals surface area contributed by atoms with Gasteiger partial charge >= 0.3 is 0 Å². The zero-order chi connectivity index (χ0) is 28.8. The van der Waals surface area contributed by atoms with E-state index in [1.54, 1.807) is 45.5 Å². The van der Waals surface area contributed by atoms with Crippen LogP contribution in [-0.4, -0.2) is 59.1 Å². The number of hydrogen-bond donors (Lipinski definition) is 2. The summed E-state index contributed by atoms with van der Waals surface area (Å²) in [4.78, 5) is 45.4. The highest BCUT2D eigenvalue weighted by Gasteiger charge is 2.26. The third kappa shape index (κ3) is 6.90. The molecule has 1 aliphatic rings. The summed E-state index contributed by atoms with van der Waals surface area (Å²) >= 11 is 0. The Morgan fingerprint density at radius 2 is 2.00 bits per heavy atom. The minimum absolute atomic E-state index is 0.0130. The summed E-state index contributed by atoms with van der Waals surface area (Å²) < 4.78 is 19.0. The van der Waals surface area contributed by atoms with Crippen molar-refractivity contribution in [1.82, 2.24) is 25.1 Å². The van der Waals surface area contributed by atoms with E-state index >= 15 is 0 Å². The number of nitrogens with one attached hydrogen (secondary N) is 2. The van der Waals surface area contributed by atoms with E-state index in [9.17, 15) is 14.4 Å². The fourth-order valence-electron chi connectivity index (χ4n) is 4.58. The molecule has 11 heteroatoms. The first-order valence-electron chi connectivity index (χ1n) is 13.4. The van der Waals surface area contributed by atoms with Gasteiger partial charge in [0.25, 0.3) is 5.56 Å². The normalized spacial score (nSPS) is 17.4. The van der Waals surface area contributed by atoms with Crippen molar-refractivity contribution in [2.45, 2.75) is 46.3 Å². The van der Waals surface area contributed by atoms with Gasteiger partial charge in [0.05, 0.1) is 26.8 Å². The molecule has 214 valence electrons. The number of aryl methyl sites for hydroxylation is 2. The monoisotopic (exact) mass is 551 g/mol. The van der Waals surface area contributed by atoms with Gasteiger partial charge in [-0.25, -0.2) is 4.98 Å². The van der Waals surface area contributed by atoms with E-state index in [1.807, 2.05) is 30.9 Å². The lowest BCUT2D eigenvalue weighted by molar-refractivity contribution is -0.130. The second kappa shape index (κ2) is 12.8. The molecule has 1 atom stereocenters. The van der Waals surface area contributed by atoms with Gasteiger partial charge in [0.2, 0.25) is 17.7 Å². The Morgan fingerprint density at radius 1 is 1.20 bits per heavy atom. The maximum absolute atomic E-state index is 13.2. The van der Waals surface area contributed by atoms with Crippen molar-refractivity contribution in [1.29, 1.82) is 0 Å². The molecule has 40 heavy (non-hydrogen) atoms. The molecule has 2 aromatic heterocycles. The lowest BCUT2D eigenvalue weighted by Gasteiger charge is -2.25. The van der Waals surface area contributed by atoms with Crippen LogP contribution in [0.4, 0.5) is 0 Å². The average molecular weight is 552 g/mol. The second-order valence-corrected chi connectivity index (χ2v) is 10.3. The maximum Gasteiger partial charge on any atom is 0.254 e. The number of hydrogen-bond acceptors (Lipinski definition) is 8. The van der Waals surface area contributed by atoms with E-state index in [-0.39, 0.29) is 42.9 Å². The molecule has 1 aromatic carbocycles. The van der Waals surface area contributed by atoms with Crippen molar-refractivity contribution in [3.63, 3.8) is 0 Å². The molecule has 1 aliphatic heterocycles. The van der Waals surface area contributed by atoms with Gasteiger partial charge < -0.3 is 29.1 Å². The molecule has 2 N–H and O–H groups in total. The van der Waals surface area contributed by atoms with Crippen LogP contribution < -0.4 is 25.7 Å². The average Bonchev–Trinajstić information content (AvgIpc) is 3.30. The Kier molecular flexibility index (Phi) is 9.26. The summed E-state index contributed by atoms with van der Waals surface area (Å²) in [6, 6.07) is 8.26. The van der Waals surface area contributed by atoms with Crippen LogP contribution in [-0.2, 0) is 29.7 Å². The molecule has 3 heterocycles. The number of nitrogens with zero attached hydrogens (tertiary/aromatic N) is 3. The molecular formula is C29H37N5O6. The molecule has 3 aromatic rings. The van der Waals surface area contributed by atoms with E-state index in [0.29, 0.717) is 59.5 Å². The van der Waals surface area contributed by atoms with Crippen molar-refractivity contribution >= 4 is 11.8 Å². The van der Waals surface area contributed by atoms with Gasteiger partial charge in [0.1, 0.15) is 17.5 Å². The number of amides is 2. The molecule has 0 saturated heterocycles. The summed E-state index contributed by atoms with van der Waals surface area (Å²) in [5.74, 6) is 1.32. The van der Waals surface area contributed by atoms with E-state index < -0.39 is 6.04 Å². The SMILES string of the molecule is COc1ccc2cc1OCCCN(Cc1cccn(C)c1=O)CC(=O)N[C@@H](C(C)C)C(=O)NCc1nc-2oc1C. The van der Waals surface area contributed by atoms with Gasteiger partial charge in [-0.3, -0.25) is 19.3 Å². The third-order valence-electron chi connectivity index (χ3n) is 6.84. The largest absolute Gasteiger partial charge is 0.493 e. The minimum Gasteiger partial charge on any atom is -0.493 e. The lowest BCUT2D eigenvalue weighted by Crippen LogP contribution is -2.52. The number of aromatic nitrogens is 2. The van der Waals surface area contributed by atoms with Crippen LogP contribution in [0.2, 0.25) is 0 Å². The number of fused-ring (bicyclic) bond motifs is 5. The smallest absolute Gasteiger partial charge is 0.254 e. The molecule has 4 rings (SSSR count). The maximum atomic E-state index is 13.2. The van der Waals surface area contributed by atoms with Crippen molar-refractivity contribution in [2.24, 2.45) is 13.0 Å². The highest BCUT2D eigenvalue weighted by atomic mass is 16.5. The standard InChI is InChI=1S/C29H37N5O6/c1-18(2)26-27(36)30-15-22-19(3)40-28(31-22)20-9-10-23(38-5)24(14-20)39-13-7-12-34(17-25(35)32-26)16-21-8-6-11-33(4)29(21)37/h6,8-11,14,18,26H,7,12-13,15-17H2,1-5H3,(H,30,36)(H,32,35)/t26-/m0/s1. The van der Waals surface area contributed by atoms with Gasteiger partial charge in [-0.2, -0.15) is 0 Å². The Morgan fingerprint density at radius 3 is 2.75 bits per heavy atom. The fourth-order valence-corrected chi connectivity index (χ4v) is 4.58. The zero-order valence-corrected chi connectivity index (χ0v) is 23.7. The number of pyridine rings is 1. The molecule has 0 fully saturated rings. The van der Waals surface area contributed by atoms with Crippen LogP contribution in [0.1, 0.15) is 37.3 Å². The van der Waals surface area contributed by atoms with Crippen LogP contribution in [0.15, 0.2) is 45.7 Å². The Balaban J connectivity index is 1.63. The predicted molar refractivity (Wildman–Crippen MR) is 149 cm³/mol. The molecule has 0 unspecified atom stereocenters. The molecule has 0 spiro atoms. The third-order valence-corrected chi connectivity index (χ3v) is 6.84. The van der Waals surface area contributed by atoms with Crippen molar-refractivity contribution < 1.29 is 23.5 Å². The number of ether oxygens (including phenoxy) is 2. The molecule has 11 nitrogen and oxygen atoms in total. The van der Waals surface area contributed by atoms with Crippen molar-refractivity contribution in [3.8, 4) is 23.0 Å². The van der Waals surface area contributed by atoms with E-state index in [1.165, 1.54) is 4.57 Å². The number of oxazole rings is 1. The molecule has 2 amide bonds. The van der Waals surface area contributed by atoms with Crippen LogP contribution in [0.3, 0.4) is 0 Å². The summed E-state index contributed by atoms with van der Waals surface area (Å²) in [7, 11) is 3.26. The molecule has 0 saturated carbocycles. The first kappa shape index (κ1) is 28.9. The highest BCUT2D eigenvalue weighted by Crippen LogP contribution is 2.33. The minimum atomic E-state index is -0.739. The van der Waals surface area contributed by atoms with Crippen LogP contribution in [0.25, 0.3) is 11.5 Å². The summed E-state index contributed by atoms with van der Waals surface area (Å²) in [5, 5.41) is 5.77. The Labute approximate surface area is 233 Å². The molecular weight excluding hydrogens is 514 g/mol. The van der Waals surface area contributed by atoms with Crippen LogP contribution in [0.5, 0.6) is 11.5 Å². The van der Waals surface area contributed by atoms with E-state index in [0.717, 1.165) is 0 Å². The van der Waals surface area contributed by atoms with Crippen LogP contribution in [0, 0.1) is 12.8 Å². The van der Waals surface area contributed by atoms with E-state index in [4.69, 9.17) is 13.9 Å². The summed E-state index contributed by atoms with van der Waals surface area (Å²) in [6.45, 7) is 6.81. The number of carbonyl (C=O) groups is 2. The second-order valence-electron chi connectivity index (χ2n) is 10.3. The number of rotatable bonds is 4. The zero-order valence-electron chi connectivity index (χ0n) is 23.7. The molecule has 4 bridgehead atoms. The molecule has 0 aliphatic carbocycles.